The Morgan fingerprint density at radius 2 is 1.88 bits per heavy atom. The van der Waals surface area contributed by atoms with E-state index in [-0.39, 0.29) is 12.6 Å². The highest BCUT2D eigenvalue weighted by atomic mass is 16.3. The van der Waals surface area contributed by atoms with Crippen molar-refractivity contribution in [2.75, 3.05) is 19.7 Å². The summed E-state index contributed by atoms with van der Waals surface area (Å²) in [5, 5.41) is 28.4. The first-order chi connectivity index (χ1) is 8.22. The predicted octanol–water partition coefficient (Wildman–Crippen LogP) is -0.373. The molecule has 0 radical (unpaired) electrons. The van der Waals surface area contributed by atoms with Crippen LogP contribution in [0.4, 0.5) is 0 Å². The van der Waals surface area contributed by atoms with Crippen molar-refractivity contribution >= 4 is 0 Å². The lowest BCUT2D eigenvalue weighted by Gasteiger charge is -2.23. The Morgan fingerprint density at radius 1 is 1.18 bits per heavy atom. The summed E-state index contributed by atoms with van der Waals surface area (Å²) >= 11 is 0. The van der Waals surface area contributed by atoms with Crippen molar-refractivity contribution in [2.45, 2.75) is 24.7 Å². The van der Waals surface area contributed by atoms with Gasteiger partial charge in [-0.25, -0.2) is 0 Å². The first-order valence-corrected chi connectivity index (χ1v) is 5.97. The summed E-state index contributed by atoms with van der Waals surface area (Å²) in [6.07, 6.45) is -0.727. The maximum absolute atomic E-state index is 9.67. The normalized spacial score (nSPS) is 29.7. The molecule has 4 heteroatoms. The number of rotatable bonds is 4. The van der Waals surface area contributed by atoms with Gasteiger partial charge < -0.3 is 15.3 Å². The molecule has 17 heavy (non-hydrogen) atoms. The quantitative estimate of drug-likeness (QED) is 0.668. The van der Waals surface area contributed by atoms with Crippen molar-refractivity contribution in [2.24, 2.45) is 0 Å². The van der Waals surface area contributed by atoms with E-state index in [1.165, 1.54) is 5.56 Å². The van der Waals surface area contributed by atoms with Crippen molar-refractivity contribution in [3.63, 3.8) is 0 Å². The van der Waals surface area contributed by atoms with Crippen LogP contribution in [0.15, 0.2) is 30.3 Å². The SMILES string of the molecule is OC[C@@H]1[C@@H](O)[C@H](O)CN1CCc1ccccc1. The Morgan fingerprint density at radius 3 is 2.53 bits per heavy atom. The molecule has 1 aromatic carbocycles. The van der Waals surface area contributed by atoms with Crippen LogP contribution < -0.4 is 0 Å². The van der Waals surface area contributed by atoms with Gasteiger partial charge in [0.2, 0.25) is 0 Å². The molecule has 2 rings (SSSR count). The van der Waals surface area contributed by atoms with E-state index in [9.17, 15) is 15.3 Å². The Balaban J connectivity index is 1.91. The van der Waals surface area contributed by atoms with E-state index in [2.05, 4.69) is 12.1 Å². The summed E-state index contributed by atoms with van der Waals surface area (Å²) in [6, 6.07) is 9.73. The third kappa shape index (κ3) is 2.84. The highest BCUT2D eigenvalue weighted by Crippen LogP contribution is 2.18. The minimum Gasteiger partial charge on any atom is -0.395 e. The first kappa shape index (κ1) is 12.5. The fourth-order valence-electron chi connectivity index (χ4n) is 2.35. The molecular weight excluding hydrogens is 218 g/mol. The molecule has 1 aromatic rings. The molecule has 1 heterocycles. The lowest BCUT2D eigenvalue weighted by Crippen LogP contribution is -2.39. The Hall–Kier alpha value is -0.940. The molecule has 0 bridgehead atoms. The molecule has 1 saturated heterocycles. The summed E-state index contributed by atoms with van der Waals surface area (Å²) in [7, 11) is 0. The summed E-state index contributed by atoms with van der Waals surface area (Å²) in [5.74, 6) is 0. The zero-order valence-corrected chi connectivity index (χ0v) is 9.74. The van der Waals surface area contributed by atoms with Crippen molar-refractivity contribution in [1.82, 2.24) is 4.90 Å². The number of benzene rings is 1. The number of likely N-dealkylation sites (tertiary alicyclic amines) is 1. The van der Waals surface area contributed by atoms with Gasteiger partial charge in [0.25, 0.3) is 0 Å². The van der Waals surface area contributed by atoms with Gasteiger partial charge in [0.05, 0.1) is 24.9 Å². The van der Waals surface area contributed by atoms with Gasteiger partial charge in [-0.3, -0.25) is 4.90 Å². The average Bonchev–Trinajstić information content (AvgIpc) is 2.63. The highest BCUT2D eigenvalue weighted by molar-refractivity contribution is 5.15. The molecule has 0 saturated carbocycles. The molecule has 1 fully saturated rings. The lowest BCUT2D eigenvalue weighted by molar-refractivity contribution is 0.0218. The molecular formula is C13H19NO3. The largest absolute Gasteiger partial charge is 0.395 e. The maximum Gasteiger partial charge on any atom is 0.0988 e. The van der Waals surface area contributed by atoms with Gasteiger partial charge in [-0.05, 0) is 12.0 Å². The van der Waals surface area contributed by atoms with Crippen LogP contribution in [0.5, 0.6) is 0 Å². The number of nitrogens with zero attached hydrogens (tertiary/aromatic N) is 1. The third-order valence-electron chi connectivity index (χ3n) is 3.40. The molecule has 0 aromatic heterocycles. The third-order valence-corrected chi connectivity index (χ3v) is 3.40. The molecule has 0 aliphatic carbocycles. The minimum atomic E-state index is -0.837. The first-order valence-electron chi connectivity index (χ1n) is 5.97. The van der Waals surface area contributed by atoms with Gasteiger partial charge in [-0.15, -0.1) is 0 Å². The van der Waals surface area contributed by atoms with E-state index >= 15 is 0 Å². The van der Waals surface area contributed by atoms with Crippen LogP contribution in [0.1, 0.15) is 5.56 Å². The zero-order chi connectivity index (χ0) is 12.3. The summed E-state index contributed by atoms with van der Waals surface area (Å²) in [4.78, 5) is 1.95. The smallest absolute Gasteiger partial charge is 0.0988 e. The Bertz CT molecular complexity index is 344. The van der Waals surface area contributed by atoms with Crippen LogP contribution in [0.25, 0.3) is 0 Å². The fraction of sp³-hybridized carbons (Fsp3) is 0.538. The molecule has 1 aliphatic rings. The Kier molecular flexibility index (Phi) is 4.12. The van der Waals surface area contributed by atoms with Crippen LogP contribution in [-0.4, -0.2) is 58.2 Å². The van der Waals surface area contributed by atoms with E-state index in [0.717, 1.165) is 13.0 Å². The van der Waals surface area contributed by atoms with Crippen LogP contribution in [0.2, 0.25) is 0 Å². The molecule has 0 unspecified atom stereocenters. The van der Waals surface area contributed by atoms with Gasteiger partial charge >= 0.3 is 0 Å². The van der Waals surface area contributed by atoms with Gasteiger partial charge in [0, 0.05) is 13.1 Å². The van der Waals surface area contributed by atoms with Crippen LogP contribution >= 0.6 is 0 Å². The summed E-state index contributed by atoms with van der Waals surface area (Å²) in [6.45, 7) is 1.05. The second kappa shape index (κ2) is 5.60. The van der Waals surface area contributed by atoms with E-state index in [1.54, 1.807) is 0 Å². The minimum absolute atomic E-state index is 0.118. The topological polar surface area (TPSA) is 63.9 Å². The molecule has 3 atom stereocenters. The predicted molar refractivity (Wildman–Crippen MR) is 64.6 cm³/mol. The van der Waals surface area contributed by atoms with Gasteiger partial charge in [-0.2, -0.15) is 0 Å². The molecule has 0 spiro atoms. The number of aliphatic hydroxyl groups is 3. The van der Waals surface area contributed by atoms with Crippen molar-refractivity contribution in [1.29, 1.82) is 0 Å². The molecule has 1 aliphatic heterocycles. The van der Waals surface area contributed by atoms with Gasteiger partial charge in [0.1, 0.15) is 0 Å². The number of aliphatic hydroxyl groups excluding tert-OH is 3. The van der Waals surface area contributed by atoms with Gasteiger partial charge in [0.15, 0.2) is 0 Å². The Labute approximate surface area is 101 Å². The average molecular weight is 237 g/mol. The number of hydrogen-bond donors (Lipinski definition) is 3. The van der Waals surface area contributed by atoms with Crippen molar-refractivity contribution in [3.8, 4) is 0 Å². The highest BCUT2D eigenvalue weighted by Gasteiger charge is 2.38. The monoisotopic (exact) mass is 237 g/mol. The molecule has 0 amide bonds. The van der Waals surface area contributed by atoms with E-state index in [0.29, 0.717) is 6.54 Å². The lowest BCUT2D eigenvalue weighted by atomic mass is 10.1. The number of hydrogen-bond acceptors (Lipinski definition) is 4. The van der Waals surface area contributed by atoms with E-state index < -0.39 is 12.2 Å². The van der Waals surface area contributed by atoms with Crippen LogP contribution in [-0.2, 0) is 6.42 Å². The van der Waals surface area contributed by atoms with Crippen molar-refractivity contribution in [3.05, 3.63) is 35.9 Å². The second-order valence-corrected chi connectivity index (χ2v) is 4.54. The zero-order valence-electron chi connectivity index (χ0n) is 9.74. The molecule has 4 nitrogen and oxygen atoms in total. The van der Waals surface area contributed by atoms with Crippen molar-refractivity contribution < 1.29 is 15.3 Å². The van der Waals surface area contributed by atoms with E-state index in [1.807, 2.05) is 23.1 Å². The van der Waals surface area contributed by atoms with Gasteiger partial charge in [-0.1, -0.05) is 30.3 Å². The second-order valence-electron chi connectivity index (χ2n) is 4.54. The number of β-amino-alcohol motifs (C(OH)–C–C–N with tert-alkyl or cyclic N) is 1. The maximum atomic E-state index is 9.67. The summed E-state index contributed by atoms with van der Waals surface area (Å²) < 4.78 is 0. The molecule has 3 N–H and O–H groups in total. The standard InChI is InChI=1S/C13H19NO3/c15-9-11-13(17)12(16)8-14(11)7-6-10-4-2-1-3-5-10/h1-5,11-13,15-17H,6-9H2/t11-,12-,13-/m1/s1. The summed E-state index contributed by atoms with van der Waals surface area (Å²) in [5.41, 5.74) is 1.22. The van der Waals surface area contributed by atoms with Crippen LogP contribution in [0, 0.1) is 0 Å². The van der Waals surface area contributed by atoms with E-state index in [4.69, 9.17) is 0 Å². The fourth-order valence-corrected chi connectivity index (χ4v) is 2.35. The molecule has 94 valence electrons. The van der Waals surface area contributed by atoms with Crippen LogP contribution in [0.3, 0.4) is 0 Å².